The third-order valence-electron chi connectivity index (χ3n) is 2.88. The van der Waals surface area contributed by atoms with E-state index in [1.165, 1.54) is 23.1 Å². The van der Waals surface area contributed by atoms with Gasteiger partial charge in [0.05, 0.1) is 17.9 Å². The van der Waals surface area contributed by atoms with Crippen LogP contribution in [0.25, 0.3) is 0 Å². The zero-order valence-electron chi connectivity index (χ0n) is 10.1. The van der Waals surface area contributed by atoms with E-state index in [0.717, 1.165) is 0 Å². The molecule has 1 aromatic carbocycles. The number of halogens is 1. The minimum atomic E-state index is -0.592. The molecule has 0 spiro atoms. The third kappa shape index (κ3) is 2.93. The van der Waals surface area contributed by atoms with Crippen LogP contribution < -0.4 is 16.4 Å². The molecule has 1 atom stereocenters. The number of primary amides is 1. The van der Waals surface area contributed by atoms with Gasteiger partial charge in [-0.15, -0.1) is 0 Å². The number of carbonyl (C=O) groups is 2. The Hall–Kier alpha value is -2.31. The second kappa shape index (κ2) is 5.13. The highest BCUT2D eigenvalue weighted by Gasteiger charge is 2.32. The van der Waals surface area contributed by atoms with Crippen molar-refractivity contribution in [3.8, 4) is 0 Å². The van der Waals surface area contributed by atoms with Gasteiger partial charge < -0.3 is 16.2 Å². The van der Waals surface area contributed by atoms with Crippen LogP contribution in [-0.4, -0.2) is 24.6 Å². The van der Waals surface area contributed by atoms with Crippen molar-refractivity contribution in [3.63, 3.8) is 0 Å². The third-order valence-corrected chi connectivity index (χ3v) is 2.88. The molecule has 7 heteroatoms. The first-order chi connectivity index (χ1) is 8.97. The molecule has 6 nitrogen and oxygen atoms in total. The maximum absolute atomic E-state index is 13.3. The highest BCUT2D eigenvalue weighted by Crippen LogP contribution is 2.25. The minimum Gasteiger partial charge on any atom is -0.444 e. The molecule has 0 radical (unpaired) electrons. The molecule has 1 heterocycles. The SMILES string of the molecule is NC(=O)CCC1CN(c2ccc(N)c(F)c2)C(=O)O1. The zero-order valence-corrected chi connectivity index (χ0v) is 10.1. The average Bonchev–Trinajstić information content (AvgIpc) is 2.72. The number of carbonyl (C=O) groups excluding carboxylic acids is 2. The fraction of sp³-hybridized carbons (Fsp3) is 0.333. The lowest BCUT2D eigenvalue weighted by atomic mass is 10.2. The maximum Gasteiger partial charge on any atom is 0.414 e. The molecule has 4 N–H and O–H groups in total. The first kappa shape index (κ1) is 13.1. The lowest BCUT2D eigenvalue weighted by molar-refractivity contribution is -0.118. The Morgan fingerprint density at radius 1 is 1.53 bits per heavy atom. The van der Waals surface area contributed by atoms with Gasteiger partial charge >= 0.3 is 6.09 Å². The summed E-state index contributed by atoms with van der Waals surface area (Å²) >= 11 is 0. The number of cyclic esters (lactones) is 1. The van der Waals surface area contributed by atoms with Gasteiger partial charge in [-0.3, -0.25) is 9.69 Å². The van der Waals surface area contributed by atoms with Crippen LogP contribution in [0.3, 0.4) is 0 Å². The Labute approximate surface area is 109 Å². The summed E-state index contributed by atoms with van der Waals surface area (Å²) in [4.78, 5) is 23.6. The van der Waals surface area contributed by atoms with Crippen molar-refractivity contribution in [2.75, 3.05) is 17.2 Å². The van der Waals surface area contributed by atoms with Gasteiger partial charge in [0.2, 0.25) is 5.91 Å². The number of amides is 2. The molecule has 0 aliphatic carbocycles. The Bertz CT molecular complexity index is 521. The van der Waals surface area contributed by atoms with E-state index in [1.54, 1.807) is 0 Å². The van der Waals surface area contributed by atoms with E-state index >= 15 is 0 Å². The van der Waals surface area contributed by atoms with Crippen molar-refractivity contribution in [1.82, 2.24) is 0 Å². The van der Waals surface area contributed by atoms with E-state index in [1.807, 2.05) is 0 Å². The molecule has 1 aromatic rings. The van der Waals surface area contributed by atoms with Gasteiger partial charge in [0.15, 0.2) is 0 Å². The molecular formula is C12H14FN3O3. The lowest BCUT2D eigenvalue weighted by Gasteiger charge is -2.13. The van der Waals surface area contributed by atoms with Crippen LogP contribution in [-0.2, 0) is 9.53 Å². The highest BCUT2D eigenvalue weighted by atomic mass is 19.1. The normalized spacial score (nSPS) is 18.5. The van der Waals surface area contributed by atoms with E-state index < -0.39 is 23.9 Å². The molecule has 0 aromatic heterocycles. The molecule has 0 saturated carbocycles. The first-order valence-electron chi connectivity index (χ1n) is 5.79. The predicted octanol–water partition coefficient (Wildman–Crippen LogP) is 0.999. The average molecular weight is 267 g/mol. The van der Waals surface area contributed by atoms with Crippen LogP contribution in [0.15, 0.2) is 18.2 Å². The number of anilines is 2. The molecule has 2 amide bonds. The number of hydrogen-bond acceptors (Lipinski definition) is 4. The van der Waals surface area contributed by atoms with Crippen molar-refractivity contribution < 1.29 is 18.7 Å². The molecule has 0 bridgehead atoms. The summed E-state index contributed by atoms with van der Waals surface area (Å²) in [6.07, 6.45) is -0.490. The topological polar surface area (TPSA) is 98.7 Å². The van der Waals surface area contributed by atoms with Gasteiger partial charge in [0.1, 0.15) is 11.9 Å². The van der Waals surface area contributed by atoms with E-state index in [2.05, 4.69) is 0 Å². The Morgan fingerprint density at radius 2 is 2.26 bits per heavy atom. The fourth-order valence-electron chi connectivity index (χ4n) is 1.87. The molecule has 19 heavy (non-hydrogen) atoms. The van der Waals surface area contributed by atoms with Crippen molar-refractivity contribution in [3.05, 3.63) is 24.0 Å². The van der Waals surface area contributed by atoms with Crippen LogP contribution in [0.2, 0.25) is 0 Å². The van der Waals surface area contributed by atoms with Crippen LogP contribution in [0.1, 0.15) is 12.8 Å². The van der Waals surface area contributed by atoms with Gasteiger partial charge in [-0.05, 0) is 24.6 Å². The summed E-state index contributed by atoms with van der Waals surface area (Å²) in [7, 11) is 0. The fourth-order valence-corrected chi connectivity index (χ4v) is 1.87. The Morgan fingerprint density at radius 3 is 2.89 bits per heavy atom. The van der Waals surface area contributed by atoms with Gasteiger partial charge in [0.25, 0.3) is 0 Å². The van der Waals surface area contributed by atoms with Gasteiger partial charge in [0, 0.05) is 6.42 Å². The number of nitrogens with zero attached hydrogens (tertiary/aromatic N) is 1. The Balaban J connectivity index is 2.07. The van der Waals surface area contributed by atoms with Crippen LogP contribution in [0.5, 0.6) is 0 Å². The summed E-state index contributed by atoms with van der Waals surface area (Å²) in [5, 5.41) is 0. The molecule has 1 unspecified atom stereocenters. The largest absolute Gasteiger partial charge is 0.444 e. The molecular weight excluding hydrogens is 253 g/mol. The van der Waals surface area contributed by atoms with E-state index in [4.69, 9.17) is 16.2 Å². The zero-order chi connectivity index (χ0) is 14.0. The number of hydrogen-bond donors (Lipinski definition) is 2. The molecule has 102 valence electrons. The van der Waals surface area contributed by atoms with E-state index in [9.17, 15) is 14.0 Å². The van der Waals surface area contributed by atoms with Crippen molar-refractivity contribution in [2.45, 2.75) is 18.9 Å². The molecule has 1 aliphatic rings. The summed E-state index contributed by atoms with van der Waals surface area (Å²) in [5.74, 6) is -1.04. The van der Waals surface area contributed by atoms with E-state index in [-0.39, 0.29) is 18.7 Å². The van der Waals surface area contributed by atoms with E-state index in [0.29, 0.717) is 12.1 Å². The standard InChI is InChI=1S/C12H14FN3O3/c13-9-5-7(1-3-10(9)14)16-6-8(19-12(16)18)2-4-11(15)17/h1,3,5,8H,2,4,6,14H2,(H2,15,17). The van der Waals surface area contributed by atoms with Crippen molar-refractivity contribution >= 4 is 23.4 Å². The molecule has 1 fully saturated rings. The smallest absolute Gasteiger partial charge is 0.414 e. The summed E-state index contributed by atoms with van der Waals surface area (Å²) in [5.41, 5.74) is 10.8. The predicted molar refractivity (Wildman–Crippen MR) is 66.9 cm³/mol. The summed E-state index contributed by atoms with van der Waals surface area (Å²) < 4.78 is 18.4. The van der Waals surface area contributed by atoms with Gasteiger partial charge in [-0.2, -0.15) is 0 Å². The Kier molecular flexibility index (Phi) is 3.55. The monoisotopic (exact) mass is 267 g/mol. The maximum atomic E-state index is 13.3. The summed E-state index contributed by atoms with van der Waals surface area (Å²) in [6.45, 7) is 0.259. The van der Waals surface area contributed by atoms with Gasteiger partial charge in [-0.1, -0.05) is 0 Å². The molecule has 1 aliphatic heterocycles. The van der Waals surface area contributed by atoms with Crippen molar-refractivity contribution in [1.29, 1.82) is 0 Å². The van der Waals surface area contributed by atoms with Crippen LogP contribution >= 0.6 is 0 Å². The van der Waals surface area contributed by atoms with Crippen LogP contribution in [0.4, 0.5) is 20.6 Å². The second-order valence-corrected chi connectivity index (χ2v) is 4.33. The summed E-state index contributed by atoms with van der Waals surface area (Å²) in [6, 6.07) is 4.10. The molecule has 2 rings (SSSR count). The number of rotatable bonds is 4. The lowest BCUT2D eigenvalue weighted by Crippen LogP contribution is -2.25. The number of ether oxygens (including phenoxy) is 1. The van der Waals surface area contributed by atoms with Crippen molar-refractivity contribution in [2.24, 2.45) is 5.73 Å². The molecule has 1 saturated heterocycles. The first-order valence-corrected chi connectivity index (χ1v) is 5.79. The highest BCUT2D eigenvalue weighted by molar-refractivity contribution is 5.90. The number of nitrogens with two attached hydrogens (primary N) is 2. The number of benzene rings is 1. The van der Waals surface area contributed by atoms with Gasteiger partial charge in [-0.25, -0.2) is 9.18 Å². The second-order valence-electron chi connectivity index (χ2n) is 4.33. The number of nitrogen functional groups attached to an aromatic ring is 1. The quantitative estimate of drug-likeness (QED) is 0.795. The van der Waals surface area contributed by atoms with Crippen LogP contribution in [0, 0.1) is 5.82 Å². The minimum absolute atomic E-state index is 0.0154.